The van der Waals surface area contributed by atoms with Crippen molar-refractivity contribution in [3.05, 3.63) is 47.4 Å². The number of hydrogen-bond donors (Lipinski definition) is 1. The van der Waals surface area contributed by atoms with Gasteiger partial charge in [-0.1, -0.05) is 0 Å². The molecule has 1 aromatic carbocycles. The monoisotopic (exact) mass is 484 g/mol. The average molecular weight is 485 g/mol. The number of fused-ring (bicyclic) bond motifs is 1. The number of nitrogens with one attached hydrogen (secondary N) is 1. The van der Waals surface area contributed by atoms with Crippen LogP contribution in [0.5, 0.6) is 0 Å². The first kappa shape index (κ1) is 18.5. The van der Waals surface area contributed by atoms with Gasteiger partial charge < -0.3 is 4.57 Å². The molecule has 1 atom stereocenters. The van der Waals surface area contributed by atoms with E-state index in [9.17, 15) is 31.2 Å². The minimum Gasteiger partial charge on any atom is -0.335 e. The number of halogens is 4. The Labute approximate surface area is 193 Å². The standard InChI is InChI=1S/C22H20F4N4O2S/c1-12-8-20-16(9-18(12)23)17(10-27)21(30(20)14-4-3-5-14)19-7-6-15(11-28-19)33(31,32)29-13(2)22(24,25)26/h6-9,11,13-14,29H,3-5H2,1-2H3/t13-/m0/s1/i1D3,13D. The first-order chi connectivity index (χ1) is 17.0. The molecule has 1 aliphatic carbocycles. The number of hydrogen-bond acceptors (Lipinski definition) is 4. The molecular weight excluding hydrogens is 460 g/mol. The molecule has 6 nitrogen and oxygen atoms in total. The minimum atomic E-state index is -5.18. The quantitative estimate of drug-likeness (QED) is 0.518. The Morgan fingerprint density at radius 2 is 2.09 bits per heavy atom. The summed E-state index contributed by atoms with van der Waals surface area (Å²) in [7, 11) is -4.79. The zero-order valence-corrected chi connectivity index (χ0v) is 18.0. The maximum Gasteiger partial charge on any atom is 0.404 e. The molecule has 2 heterocycles. The molecule has 0 radical (unpaired) electrons. The molecule has 2 aromatic heterocycles. The predicted molar refractivity (Wildman–Crippen MR) is 113 cm³/mol. The summed E-state index contributed by atoms with van der Waals surface area (Å²) in [5.74, 6) is -1.01. The predicted octanol–water partition coefficient (Wildman–Crippen LogP) is 4.98. The number of sulfonamides is 1. The smallest absolute Gasteiger partial charge is 0.335 e. The minimum absolute atomic E-state index is 0.00470. The number of pyridine rings is 1. The summed E-state index contributed by atoms with van der Waals surface area (Å²) in [6.45, 7) is -2.39. The molecular formula is C22H20F4N4O2S. The largest absolute Gasteiger partial charge is 0.404 e. The number of aromatic nitrogens is 2. The van der Waals surface area contributed by atoms with Crippen molar-refractivity contribution in [2.45, 2.75) is 56.2 Å². The highest BCUT2D eigenvalue weighted by Crippen LogP contribution is 2.42. The third kappa shape index (κ3) is 4.09. The summed E-state index contributed by atoms with van der Waals surface area (Å²) in [6, 6.07) is 2.67. The van der Waals surface area contributed by atoms with Crippen LogP contribution in [0.1, 0.15) is 48.8 Å². The van der Waals surface area contributed by atoms with Crippen LogP contribution in [0, 0.1) is 24.0 Å². The van der Waals surface area contributed by atoms with Crippen LogP contribution in [0.4, 0.5) is 17.6 Å². The first-order valence-corrected chi connectivity index (χ1v) is 11.3. The van der Waals surface area contributed by atoms with Gasteiger partial charge in [0.1, 0.15) is 22.8 Å². The Balaban J connectivity index is 1.87. The van der Waals surface area contributed by atoms with E-state index in [1.54, 1.807) is 4.57 Å². The molecule has 0 saturated heterocycles. The Morgan fingerprint density at radius 3 is 2.61 bits per heavy atom. The van der Waals surface area contributed by atoms with Gasteiger partial charge in [0, 0.05) is 21.7 Å². The van der Waals surface area contributed by atoms with Crippen molar-refractivity contribution in [3.8, 4) is 17.5 Å². The van der Waals surface area contributed by atoms with Gasteiger partial charge in [0.05, 0.1) is 23.8 Å². The lowest BCUT2D eigenvalue weighted by Gasteiger charge is -2.30. The van der Waals surface area contributed by atoms with E-state index in [1.165, 1.54) is 16.9 Å². The lowest BCUT2D eigenvalue weighted by Crippen LogP contribution is -2.42. The van der Waals surface area contributed by atoms with Crippen molar-refractivity contribution in [3.63, 3.8) is 0 Å². The van der Waals surface area contributed by atoms with E-state index >= 15 is 0 Å². The Bertz CT molecular complexity index is 1520. The fraction of sp³-hybridized carbons (Fsp3) is 0.364. The van der Waals surface area contributed by atoms with E-state index in [4.69, 9.17) is 5.48 Å². The fourth-order valence-electron chi connectivity index (χ4n) is 3.72. The second kappa shape index (κ2) is 8.11. The topological polar surface area (TPSA) is 87.8 Å². The van der Waals surface area contributed by atoms with Crippen molar-refractivity contribution < 1.29 is 31.5 Å². The fourth-order valence-corrected chi connectivity index (χ4v) is 4.79. The van der Waals surface area contributed by atoms with E-state index < -0.39 is 45.3 Å². The molecule has 1 aliphatic rings. The Hall–Kier alpha value is -2.97. The van der Waals surface area contributed by atoms with E-state index in [-0.39, 0.29) is 28.4 Å². The summed E-state index contributed by atoms with van der Waals surface area (Å²) in [4.78, 5) is 3.43. The van der Waals surface area contributed by atoms with Crippen LogP contribution in [-0.4, -0.2) is 30.2 Å². The lowest BCUT2D eigenvalue weighted by atomic mass is 9.92. The van der Waals surface area contributed by atoms with Crippen LogP contribution in [0.25, 0.3) is 22.3 Å². The normalized spacial score (nSPS) is 19.0. The zero-order chi connectivity index (χ0) is 27.6. The van der Waals surface area contributed by atoms with E-state index in [0.717, 1.165) is 24.8 Å². The van der Waals surface area contributed by atoms with Crippen molar-refractivity contribution >= 4 is 20.9 Å². The summed E-state index contributed by atoms with van der Waals surface area (Å²) in [5, 5.41) is 10.1. The van der Waals surface area contributed by atoms with Gasteiger partial charge in [-0.3, -0.25) is 4.98 Å². The summed E-state index contributed by atoms with van der Waals surface area (Å²) in [6.07, 6.45) is -2.14. The van der Waals surface area contributed by atoms with Crippen LogP contribution in [0.2, 0.25) is 0 Å². The van der Waals surface area contributed by atoms with Gasteiger partial charge >= 0.3 is 6.18 Å². The molecule has 4 rings (SSSR count). The van der Waals surface area contributed by atoms with Crippen molar-refractivity contribution in [1.29, 1.82) is 5.26 Å². The van der Waals surface area contributed by atoms with E-state index in [1.807, 2.05) is 6.07 Å². The molecule has 0 bridgehead atoms. The summed E-state index contributed by atoms with van der Waals surface area (Å²) in [5.41, 5.74) is 0.0763. The molecule has 11 heteroatoms. The van der Waals surface area contributed by atoms with Crippen molar-refractivity contribution in [1.82, 2.24) is 14.3 Å². The van der Waals surface area contributed by atoms with Gasteiger partial charge in [0.2, 0.25) is 10.0 Å². The number of aryl methyl sites for hydroxylation is 1. The zero-order valence-electron chi connectivity index (χ0n) is 21.2. The molecule has 0 unspecified atom stereocenters. The average Bonchev–Trinajstić information content (AvgIpc) is 3.02. The molecule has 0 amide bonds. The van der Waals surface area contributed by atoms with Gasteiger partial charge in [-0.15, -0.1) is 0 Å². The molecule has 174 valence electrons. The van der Waals surface area contributed by atoms with Crippen molar-refractivity contribution in [2.24, 2.45) is 0 Å². The first-order valence-electron chi connectivity index (χ1n) is 11.8. The van der Waals surface area contributed by atoms with Crippen LogP contribution < -0.4 is 4.72 Å². The third-order valence-corrected chi connectivity index (χ3v) is 7.08. The summed E-state index contributed by atoms with van der Waals surface area (Å²) < 4.78 is 112. The molecule has 0 aliphatic heterocycles. The molecule has 33 heavy (non-hydrogen) atoms. The van der Waals surface area contributed by atoms with Crippen LogP contribution in [0.3, 0.4) is 0 Å². The van der Waals surface area contributed by atoms with Gasteiger partial charge in [-0.2, -0.15) is 23.2 Å². The molecule has 1 N–H and O–H groups in total. The molecule has 1 fully saturated rings. The number of rotatable bonds is 5. The Morgan fingerprint density at radius 1 is 1.36 bits per heavy atom. The Kier molecular flexibility index (Phi) is 4.54. The highest BCUT2D eigenvalue weighted by atomic mass is 32.2. The third-order valence-electron chi connectivity index (χ3n) is 5.65. The number of nitriles is 1. The summed E-state index contributed by atoms with van der Waals surface area (Å²) >= 11 is 0. The van der Waals surface area contributed by atoms with Crippen LogP contribution >= 0.6 is 0 Å². The number of alkyl halides is 3. The van der Waals surface area contributed by atoms with Gasteiger partial charge in [0.25, 0.3) is 0 Å². The number of benzene rings is 1. The van der Waals surface area contributed by atoms with Gasteiger partial charge in [0.15, 0.2) is 0 Å². The SMILES string of the molecule is [2H]C([2H])([2H])c1cc2c(cc1F)c(C#N)c(-c1ccc(S(=O)(=O)N[C@@]([2H])(C)C(F)(F)F)cn1)n2C1CCC1. The maximum atomic E-state index is 14.7. The lowest BCUT2D eigenvalue weighted by molar-refractivity contribution is -0.147. The second-order valence-electron chi connectivity index (χ2n) is 7.75. The molecule has 0 spiro atoms. The van der Waals surface area contributed by atoms with E-state index in [0.29, 0.717) is 25.3 Å². The van der Waals surface area contributed by atoms with E-state index in [2.05, 4.69) is 4.98 Å². The van der Waals surface area contributed by atoms with Crippen LogP contribution in [0.15, 0.2) is 35.4 Å². The van der Waals surface area contributed by atoms with Gasteiger partial charge in [-0.25, -0.2) is 12.8 Å². The number of nitrogens with zero attached hydrogens (tertiary/aromatic N) is 3. The highest BCUT2D eigenvalue weighted by Gasteiger charge is 2.39. The maximum absolute atomic E-state index is 14.7. The van der Waals surface area contributed by atoms with Crippen molar-refractivity contribution in [2.75, 3.05) is 0 Å². The van der Waals surface area contributed by atoms with Crippen LogP contribution in [-0.2, 0) is 10.0 Å². The van der Waals surface area contributed by atoms with Gasteiger partial charge in [-0.05, 0) is 62.9 Å². The highest BCUT2D eigenvalue weighted by molar-refractivity contribution is 7.89. The molecule has 1 saturated carbocycles. The molecule has 3 aromatic rings. The second-order valence-corrected chi connectivity index (χ2v) is 9.43.